The van der Waals surface area contributed by atoms with Crippen LogP contribution in [0.1, 0.15) is 33.6 Å². The fraction of sp³-hybridized carbons (Fsp3) is 0.556. The number of amides is 1. The van der Waals surface area contributed by atoms with Crippen LogP contribution in [0.4, 0.5) is 16.5 Å². The molecule has 0 atom stereocenters. The molecule has 9 nitrogen and oxygen atoms in total. The van der Waals surface area contributed by atoms with Crippen molar-refractivity contribution in [3.8, 4) is 0 Å². The van der Waals surface area contributed by atoms with Gasteiger partial charge in [0.15, 0.2) is 5.58 Å². The molecule has 0 aliphatic carbocycles. The Labute approximate surface area is 156 Å². The fourth-order valence-corrected chi connectivity index (χ4v) is 3.02. The summed E-state index contributed by atoms with van der Waals surface area (Å²) in [6.45, 7) is 7.56. The summed E-state index contributed by atoms with van der Waals surface area (Å²) in [5.41, 5.74) is 0.502. The van der Waals surface area contributed by atoms with E-state index in [9.17, 15) is 14.9 Å². The van der Waals surface area contributed by atoms with Crippen molar-refractivity contribution in [1.29, 1.82) is 0 Å². The van der Waals surface area contributed by atoms with Crippen LogP contribution in [0.25, 0.3) is 11.1 Å². The topological polar surface area (TPSA) is 111 Å². The third-order valence-corrected chi connectivity index (χ3v) is 4.39. The SMILES string of the molecule is CC(C)(C)OC(=O)NCC1CCN(c2nc3cc([N+](=O)[O-])ccc3o2)CC1. The Balaban J connectivity index is 1.54. The van der Waals surface area contributed by atoms with Gasteiger partial charge in [0.05, 0.1) is 4.92 Å². The molecule has 3 rings (SSSR count). The van der Waals surface area contributed by atoms with Crippen LogP contribution in [0.2, 0.25) is 0 Å². The number of piperidine rings is 1. The molecular weight excluding hydrogens is 352 g/mol. The number of fused-ring (bicyclic) bond motifs is 1. The first-order chi connectivity index (χ1) is 12.7. The van der Waals surface area contributed by atoms with Gasteiger partial charge in [-0.25, -0.2) is 4.79 Å². The minimum absolute atomic E-state index is 0.00530. The minimum Gasteiger partial charge on any atom is -0.444 e. The number of hydrogen-bond donors (Lipinski definition) is 1. The predicted molar refractivity (Wildman–Crippen MR) is 99.8 cm³/mol. The normalized spacial score (nSPS) is 15.7. The average molecular weight is 376 g/mol. The Kier molecular flexibility index (Phi) is 5.20. The van der Waals surface area contributed by atoms with Gasteiger partial charge >= 0.3 is 6.09 Å². The number of nitrogens with zero attached hydrogens (tertiary/aromatic N) is 3. The molecule has 1 aromatic heterocycles. The standard InChI is InChI=1S/C18H24N4O5/c1-18(2,3)27-17(23)19-11-12-6-8-21(9-7-12)16-20-14-10-13(22(24)25)4-5-15(14)26-16/h4-5,10,12H,6-9,11H2,1-3H3,(H,19,23). The highest BCUT2D eigenvalue weighted by Gasteiger charge is 2.24. The van der Waals surface area contributed by atoms with E-state index >= 15 is 0 Å². The lowest BCUT2D eigenvalue weighted by molar-refractivity contribution is -0.384. The Morgan fingerprint density at radius 1 is 1.41 bits per heavy atom. The third-order valence-electron chi connectivity index (χ3n) is 4.39. The highest BCUT2D eigenvalue weighted by atomic mass is 16.6. The Hall–Kier alpha value is -2.84. The summed E-state index contributed by atoms with van der Waals surface area (Å²) < 4.78 is 11.0. The number of benzene rings is 1. The third kappa shape index (κ3) is 4.87. The quantitative estimate of drug-likeness (QED) is 0.642. The fourth-order valence-electron chi connectivity index (χ4n) is 3.02. The molecule has 1 aromatic carbocycles. The van der Waals surface area contributed by atoms with Crippen LogP contribution in [-0.2, 0) is 4.74 Å². The first-order valence-electron chi connectivity index (χ1n) is 8.98. The van der Waals surface area contributed by atoms with Crippen molar-refractivity contribution in [1.82, 2.24) is 10.3 Å². The zero-order chi connectivity index (χ0) is 19.6. The molecule has 0 saturated carbocycles. The Morgan fingerprint density at radius 3 is 2.74 bits per heavy atom. The van der Waals surface area contributed by atoms with Crippen molar-refractivity contribution >= 4 is 28.9 Å². The number of carbonyl (C=O) groups excluding carboxylic acids is 1. The van der Waals surface area contributed by atoms with E-state index in [0.29, 0.717) is 29.6 Å². The van der Waals surface area contributed by atoms with Gasteiger partial charge in [0.2, 0.25) is 0 Å². The molecular formula is C18H24N4O5. The Morgan fingerprint density at radius 2 is 2.11 bits per heavy atom. The number of rotatable bonds is 4. The van der Waals surface area contributed by atoms with E-state index in [1.54, 1.807) is 6.07 Å². The molecule has 0 radical (unpaired) electrons. The highest BCUT2D eigenvalue weighted by molar-refractivity contribution is 5.77. The number of anilines is 1. The van der Waals surface area contributed by atoms with Crippen LogP contribution in [0.5, 0.6) is 0 Å². The number of nitrogens with one attached hydrogen (secondary N) is 1. The van der Waals surface area contributed by atoms with E-state index in [4.69, 9.17) is 9.15 Å². The van der Waals surface area contributed by atoms with Crippen molar-refractivity contribution in [2.24, 2.45) is 5.92 Å². The van der Waals surface area contributed by atoms with Crippen molar-refractivity contribution < 1.29 is 18.9 Å². The summed E-state index contributed by atoms with van der Waals surface area (Å²) in [5.74, 6) is 0.360. The summed E-state index contributed by atoms with van der Waals surface area (Å²) in [6.07, 6.45) is 1.37. The molecule has 146 valence electrons. The van der Waals surface area contributed by atoms with Gasteiger partial charge in [0, 0.05) is 31.8 Å². The van der Waals surface area contributed by atoms with E-state index in [1.165, 1.54) is 12.1 Å². The highest BCUT2D eigenvalue weighted by Crippen LogP contribution is 2.28. The number of oxazole rings is 1. The second kappa shape index (κ2) is 7.42. The zero-order valence-corrected chi connectivity index (χ0v) is 15.7. The maximum Gasteiger partial charge on any atom is 0.407 e. The number of alkyl carbamates (subject to hydrolysis) is 1. The molecule has 0 spiro atoms. The average Bonchev–Trinajstić information content (AvgIpc) is 3.02. The lowest BCUT2D eigenvalue weighted by Gasteiger charge is -2.31. The molecule has 1 N–H and O–H groups in total. The molecule has 9 heteroatoms. The monoisotopic (exact) mass is 376 g/mol. The molecule has 1 aliphatic rings. The van der Waals surface area contributed by atoms with Gasteiger partial charge in [-0.3, -0.25) is 10.1 Å². The van der Waals surface area contributed by atoms with Crippen molar-refractivity contribution in [3.63, 3.8) is 0 Å². The molecule has 2 aromatic rings. The minimum atomic E-state index is -0.504. The summed E-state index contributed by atoms with van der Waals surface area (Å²) in [4.78, 5) is 28.6. The molecule has 0 unspecified atom stereocenters. The number of nitro groups is 1. The van der Waals surface area contributed by atoms with E-state index < -0.39 is 16.6 Å². The van der Waals surface area contributed by atoms with Crippen LogP contribution in [-0.4, -0.2) is 41.2 Å². The molecule has 1 aliphatic heterocycles. The van der Waals surface area contributed by atoms with E-state index in [2.05, 4.69) is 10.3 Å². The number of nitro benzene ring substituents is 1. The summed E-state index contributed by atoms with van der Waals surface area (Å²) in [6, 6.07) is 4.87. The van der Waals surface area contributed by atoms with Gasteiger partial charge in [-0.15, -0.1) is 0 Å². The Bertz CT molecular complexity index is 834. The van der Waals surface area contributed by atoms with Gasteiger partial charge in [0.1, 0.15) is 11.1 Å². The molecule has 2 heterocycles. The second-order valence-electron chi connectivity index (χ2n) is 7.72. The summed E-state index contributed by atoms with van der Waals surface area (Å²) in [5, 5.41) is 13.7. The number of aromatic nitrogens is 1. The number of carbonyl (C=O) groups is 1. The summed E-state index contributed by atoms with van der Waals surface area (Å²) in [7, 11) is 0. The van der Waals surface area contributed by atoms with Crippen LogP contribution in [0, 0.1) is 16.0 Å². The lowest BCUT2D eigenvalue weighted by atomic mass is 9.97. The van der Waals surface area contributed by atoms with Gasteiger partial charge in [-0.1, -0.05) is 0 Å². The second-order valence-corrected chi connectivity index (χ2v) is 7.72. The van der Waals surface area contributed by atoms with Crippen molar-refractivity contribution in [3.05, 3.63) is 28.3 Å². The van der Waals surface area contributed by atoms with Gasteiger partial charge in [-0.05, 0) is 45.6 Å². The maximum absolute atomic E-state index is 11.7. The van der Waals surface area contributed by atoms with Crippen LogP contribution < -0.4 is 10.2 Å². The summed E-state index contributed by atoms with van der Waals surface area (Å²) >= 11 is 0. The van der Waals surface area contributed by atoms with Gasteiger partial charge in [0.25, 0.3) is 11.7 Å². The van der Waals surface area contributed by atoms with E-state index in [0.717, 1.165) is 25.9 Å². The largest absolute Gasteiger partial charge is 0.444 e. The van der Waals surface area contributed by atoms with Crippen LogP contribution >= 0.6 is 0 Å². The smallest absolute Gasteiger partial charge is 0.407 e. The maximum atomic E-state index is 11.7. The predicted octanol–water partition coefficient (Wildman–Crippen LogP) is 3.48. The molecule has 0 bridgehead atoms. The number of ether oxygens (including phenoxy) is 1. The van der Waals surface area contributed by atoms with Gasteiger partial charge < -0.3 is 19.4 Å². The molecule has 1 saturated heterocycles. The van der Waals surface area contributed by atoms with Crippen molar-refractivity contribution in [2.75, 3.05) is 24.5 Å². The van der Waals surface area contributed by atoms with E-state index in [-0.39, 0.29) is 5.69 Å². The lowest BCUT2D eigenvalue weighted by Crippen LogP contribution is -2.40. The van der Waals surface area contributed by atoms with Crippen molar-refractivity contribution in [2.45, 2.75) is 39.2 Å². The van der Waals surface area contributed by atoms with Crippen LogP contribution in [0.15, 0.2) is 22.6 Å². The van der Waals surface area contributed by atoms with E-state index in [1.807, 2.05) is 25.7 Å². The molecule has 1 fully saturated rings. The molecule has 27 heavy (non-hydrogen) atoms. The van der Waals surface area contributed by atoms with Crippen LogP contribution in [0.3, 0.4) is 0 Å². The first kappa shape index (κ1) is 18.9. The first-order valence-corrected chi connectivity index (χ1v) is 8.98. The number of non-ortho nitro benzene ring substituents is 1. The van der Waals surface area contributed by atoms with Gasteiger partial charge in [-0.2, -0.15) is 4.98 Å². The molecule has 1 amide bonds. The number of hydrogen-bond acceptors (Lipinski definition) is 7. The zero-order valence-electron chi connectivity index (χ0n) is 15.7.